The number of carbonyl (C=O) groups is 1. The molecule has 0 spiro atoms. The summed E-state index contributed by atoms with van der Waals surface area (Å²) in [5, 5.41) is 2.74. The highest BCUT2D eigenvalue weighted by Gasteiger charge is 2.27. The Morgan fingerprint density at radius 1 is 0.933 bits per heavy atom. The zero-order valence-electron chi connectivity index (χ0n) is 17.3. The van der Waals surface area contributed by atoms with Crippen LogP contribution in [0.5, 0.6) is 17.2 Å². The van der Waals surface area contributed by atoms with Crippen LogP contribution in [0.3, 0.4) is 0 Å². The standard InChI is InChI=1S/C21H26N2O6S/c1-27-18-11-10-15(30(25,26)23-12-5-4-6-13-23)14-17(18)22-21(24)16-8-7-9-19(28-2)20(16)29-3/h7-11,14H,4-6,12-13H2,1-3H3,(H,22,24). The van der Waals surface area contributed by atoms with Gasteiger partial charge >= 0.3 is 0 Å². The van der Waals surface area contributed by atoms with E-state index >= 15 is 0 Å². The molecule has 2 aromatic carbocycles. The summed E-state index contributed by atoms with van der Waals surface area (Å²) in [7, 11) is 0.732. The van der Waals surface area contributed by atoms with E-state index in [-0.39, 0.29) is 21.9 Å². The Labute approximate surface area is 176 Å². The predicted octanol–water partition coefficient (Wildman–Crippen LogP) is 3.14. The zero-order valence-corrected chi connectivity index (χ0v) is 18.1. The zero-order chi connectivity index (χ0) is 21.7. The van der Waals surface area contributed by atoms with Crippen molar-refractivity contribution in [1.82, 2.24) is 4.31 Å². The molecule has 0 radical (unpaired) electrons. The number of para-hydroxylation sites is 1. The molecule has 1 N–H and O–H groups in total. The first-order valence-corrected chi connectivity index (χ1v) is 11.1. The summed E-state index contributed by atoms with van der Waals surface area (Å²) in [5.41, 5.74) is 0.508. The van der Waals surface area contributed by atoms with Gasteiger partial charge in [-0.2, -0.15) is 4.31 Å². The van der Waals surface area contributed by atoms with Gasteiger partial charge in [-0.3, -0.25) is 4.79 Å². The molecule has 1 saturated heterocycles. The van der Waals surface area contributed by atoms with Crippen molar-refractivity contribution in [2.24, 2.45) is 0 Å². The minimum atomic E-state index is -3.65. The number of methoxy groups -OCH3 is 3. The molecule has 0 unspecified atom stereocenters. The number of hydrogen-bond acceptors (Lipinski definition) is 6. The first kappa shape index (κ1) is 21.9. The molecule has 0 atom stereocenters. The number of benzene rings is 2. The molecule has 9 heteroatoms. The minimum absolute atomic E-state index is 0.109. The molecule has 1 heterocycles. The minimum Gasteiger partial charge on any atom is -0.495 e. The van der Waals surface area contributed by atoms with E-state index in [9.17, 15) is 13.2 Å². The lowest BCUT2D eigenvalue weighted by atomic mass is 10.1. The molecule has 1 aliphatic rings. The van der Waals surface area contributed by atoms with Crippen LogP contribution in [-0.4, -0.2) is 53.0 Å². The summed E-state index contributed by atoms with van der Waals surface area (Å²) in [5.74, 6) is 0.575. The van der Waals surface area contributed by atoms with Gasteiger partial charge in [-0.1, -0.05) is 12.5 Å². The molecule has 162 valence electrons. The Morgan fingerprint density at radius 2 is 1.63 bits per heavy atom. The second-order valence-electron chi connectivity index (χ2n) is 6.82. The fourth-order valence-corrected chi connectivity index (χ4v) is 5.00. The van der Waals surface area contributed by atoms with Gasteiger partial charge in [0.15, 0.2) is 11.5 Å². The van der Waals surface area contributed by atoms with Crippen molar-refractivity contribution in [3.63, 3.8) is 0 Å². The van der Waals surface area contributed by atoms with Gasteiger partial charge in [0, 0.05) is 13.1 Å². The Bertz CT molecular complexity index is 1020. The van der Waals surface area contributed by atoms with Gasteiger partial charge in [0.1, 0.15) is 5.75 Å². The molecule has 0 saturated carbocycles. The van der Waals surface area contributed by atoms with Crippen molar-refractivity contribution >= 4 is 21.6 Å². The fourth-order valence-electron chi connectivity index (χ4n) is 3.46. The highest BCUT2D eigenvalue weighted by atomic mass is 32.2. The summed E-state index contributed by atoms with van der Waals surface area (Å²) >= 11 is 0. The average molecular weight is 435 g/mol. The maximum atomic E-state index is 13.0. The largest absolute Gasteiger partial charge is 0.495 e. The molecule has 0 bridgehead atoms. The molecule has 8 nitrogen and oxygen atoms in total. The number of ether oxygens (including phenoxy) is 3. The topological polar surface area (TPSA) is 94.2 Å². The SMILES string of the molecule is COc1ccc(S(=O)(=O)N2CCCCC2)cc1NC(=O)c1cccc(OC)c1OC. The normalized spacial score (nSPS) is 14.8. The van der Waals surface area contributed by atoms with Crippen LogP contribution in [0, 0.1) is 0 Å². The molecule has 0 aliphatic carbocycles. The van der Waals surface area contributed by atoms with E-state index in [0.29, 0.717) is 24.6 Å². The Balaban J connectivity index is 1.94. The van der Waals surface area contributed by atoms with E-state index in [2.05, 4.69) is 5.32 Å². The molecule has 3 rings (SSSR count). The number of piperidine rings is 1. The van der Waals surface area contributed by atoms with Crippen LogP contribution in [-0.2, 0) is 10.0 Å². The lowest BCUT2D eigenvalue weighted by Crippen LogP contribution is -2.35. The van der Waals surface area contributed by atoms with Gasteiger partial charge in [-0.15, -0.1) is 0 Å². The van der Waals surface area contributed by atoms with Gasteiger partial charge < -0.3 is 19.5 Å². The number of rotatable bonds is 7. The van der Waals surface area contributed by atoms with Crippen molar-refractivity contribution < 1.29 is 27.4 Å². The third kappa shape index (κ3) is 4.36. The molecular formula is C21H26N2O6S. The van der Waals surface area contributed by atoms with Gasteiger partial charge in [-0.05, 0) is 43.2 Å². The summed E-state index contributed by atoms with van der Waals surface area (Å²) in [6.07, 6.45) is 2.71. The monoisotopic (exact) mass is 434 g/mol. The van der Waals surface area contributed by atoms with E-state index in [4.69, 9.17) is 14.2 Å². The number of amides is 1. The smallest absolute Gasteiger partial charge is 0.259 e. The van der Waals surface area contributed by atoms with Crippen molar-refractivity contribution in [2.75, 3.05) is 39.7 Å². The lowest BCUT2D eigenvalue weighted by molar-refractivity contribution is 0.102. The van der Waals surface area contributed by atoms with Crippen molar-refractivity contribution in [2.45, 2.75) is 24.2 Å². The number of hydrogen-bond donors (Lipinski definition) is 1. The second kappa shape index (κ2) is 9.36. The first-order chi connectivity index (χ1) is 14.4. The lowest BCUT2D eigenvalue weighted by Gasteiger charge is -2.26. The van der Waals surface area contributed by atoms with Crippen LogP contribution in [0.15, 0.2) is 41.3 Å². The molecule has 0 aromatic heterocycles. The van der Waals surface area contributed by atoms with E-state index in [1.54, 1.807) is 18.2 Å². The average Bonchev–Trinajstić information content (AvgIpc) is 2.78. The van der Waals surface area contributed by atoms with Crippen LogP contribution < -0.4 is 19.5 Å². The number of anilines is 1. The van der Waals surface area contributed by atoms with Crippen LogP contribution in [0.1, 0.15) is 29.6 Å². The van der Waals surface area contributed by atoms with Crippen LogP contribution >= 0.6 is 0 Å². The van der Waals surface area contributed by atoms with Crippen LogP contribution in [0.25, 0.3) is 0 Å². The highest BCUT2D eigenvalue weighted by molar-refractivity contribution is 7.89. The van der Waals surface area contributed by atoms with Gasteiger partial charge in [0.25, 0.3) is 5.91 Å². The van der Waals surface area contributed by atoms with Gasteiger partial charge in [0.2, 0.25) is 10.0 Å². The second-order valence-corrected chi connectivity index (χ2v) is 8.76. The van der Waals surface area contributed by atoms with Gasteiger partial charge in [-0.25, -0.2) is 8.42 Å². The van der Waals surface area contributed by atoms with Crippen molar-refractivity contribution in [3.8, 4) is 17.2 Å². The van der Waals surface area contributed by atoms with Crippen LogP contribution in [0.2, 0.25) is 0 Å². The molecule has 2 aromatic rings. The summed E-state index contributed by atoms with van der Waals surface area (Å²) in [6, 6.07) is 9.40. The number of carbonyl (C=O) groups excluding carboxylic acids is 1. The highest BCUT2D eigenvalue weighted by Crippen LogP contribution is 2.33. The Morgan fingerprint density at radius 3 is 2.27 bits per heavy atom. The Hall–Kier alpha value is -2.78. The van der Waals surface area contributed by atoms with E-state index in [1.807, 2.05) is 0 Å². The van der Waals surface area contributed by atoms with E-state index < -0.39 is 15.9 Å². The van der Waals surface area contributed by atoms with E-state index in [0.717, 1.165) is 19.3 Å². The van der Waals surface area contributed by atoms with Crippen molar-refractivity contribution in [3.05, 3.63) is 42.0 Å². The van der Waals surface area contributed by atoms with Gasteiger partial charge in [0.05, 0.1) is 37.5 Å². The maximum absolute atomic E-state index is 13.0. The first-order valence-electron chi connectivity index (χ1n) is 9.63. The summed E-state index contributed by atoms with van der Waals surface area (Å²) in [4.78, 5) is 13.0. The number of sulfonamides is 1. The molecule has 30 heavy (non-hydrogen) atoms. The molecular weight excluding hydrogens is 408 g/mol. The summed E-state index contributed by atoms with van der Waals surface area (Å²) < 4.78 is 43.4. The predicted molar refractivity (Wildman–Crippen MR) is 113 cm³/mol. The quantitative estimate of drug-likeness (QED) is 0.720. The van der Waals surface area contributed by atoms with E-state index in [1.165, 1.54) is 43.8 Å². The third-order valence-corrected chi connectivity index (χ3v) is 6.91. The molecule has 1 aliphatic heterocycles. The molecule has 1 amide bonds. The number of nitrogens with zero attached hydrogens (tertiary/aromatic N) is 1. The fraction of sp³-hybridized carbons (Fsp3) is 0.381. The van der Waals surface area contributed by atoms with Crippen molar-refractivity contribution in [1.29, 1.82) is 0 Å². The molecule has 1 fully saturated rings. The number of nitrogens with one attached hydrogen (secondary N) is 1. The van der Waals surface area contributed by atoms with Crippen LogP contribution in [0.4, 0.5) is 5.69 Å². The third-order valence-electron chi connectivity index (χ3n) is 5.02. The summed E-state index contributed by atoms with van der Waals surface area (Å²) in [6.45, 7) is 0.994. The Kier molecular flexibility index (Phi) is 6.84. The maximum Gasteiger partial charge on any atom is 0.259 e.